The molecule has 0 saturated heterocycles. The van der Waals surface area contributed by atoms with E-state index in [1.54, 1.807) is 18.8 Å². The van der Waals surface area contributed by atoms with E-state index in [1.807, 2.05) is 18.2 Å². The van der Waals surface area contributed by atoms with Gasteiger partial charge in [0.1, 0.15) is 0 Å². The van der Waals surface area contributed by atoms with Crippen molar-refractivity contribution in [3.8, 4) is 0 Å². The third-order valence-electron chi connectivity index (χ3n) is 1.60. The van der Waals surface area contributed by atoms with Gasteiger partial charge in [-0.15, -0.1) is 0 Å². The first-order valence-electron chi connectivity index (χ1n) is 4.22. The summed E-state index contributed by atoms with van der Waals surface area (Å²) < 4.78 is 0. The minimum atomic E-state index is 0.781. The number of aliphatic imine (C=N–C) groups is 1. The fraction of sp³-hybridized carbons (Fsp3) is 0.200. The summed E-state index contributed by atoms with van der Waals surface area (Å²) in [4.78, 5) is 4.03. The summed E-state index contributed by atoms with van der Waals surface area (Å²) in [6, 6.07) is 10.2. The van der Waals surface area contributed by atoms with Gasteiger partial charge in [-0.1, -0.05) is 42.1 Å². The highest BCUT2D eigenvalue weighted by Gasteiger charge is 1.97. The van der Waals surface area contributed by atoms with Crippen LogP contribution in [0.5, 0.6) is 0 Å². The number of hydrogen-bond donors (Lipinski definition) is 1. The van der Waals surface area contributed by atoms with E-state index in [0.717, 1.165) is 10.9 Å². The third kappa shape index (κ3) is 3.62. The second kappa shape index (κ2) is 6.21. The number of benzene rings is 1. The SMILES string of the molecule is C=NNC(=NC)SCc1ccccc1. The molecule has 0 saturated carbocycles. The fourth-order valence-corrected chi connectivity index (χ4v) is 1.69. The van der Waals surface area contributed by atoms with Crippen molar-refractivity contribution < 1.29 is 0 Å². The molecule has 0 heterocycles. The topological polar surface area (TPSA) is 36.8 Å². The number of rotatable bonds is 3. The Kier molecular flexibility index (Phi) is 4.78. The number of nitrogens with zero attached hydrogens (tertiary/aromatic N) is 2. The summed E-state index contributed by atoms with van der Waals surface area (Å²) in [7, 11) is 1.73. The van der Waals surface area contributed by atoms with E-state index in [4.69, 9.17) is 0 Å². The van der Waals surface area contributed by atoms with Crippen molar-refractivity contribution in [1.82, 2.24) is 5.43 Å². The first kappa shape index (κ1) is 10.8. The van der Waals surface area contributed by atoms with E-state index in [9.17, 15) is 0 Å². The predicted octanol–water partition coefficient (Wildman–Crippen LogP) is 2.11. The van der Waals surface area contributed by atoms with Gasteiger partial charge < -0.3 is 0 Å². The van der Waals surface area contributed by atoms with Gasteiger partial charge in [-0.2, -0.15) is 5.10 Å². The van der Waals surface area contributed by atoms with Crippen LogP contribution in [0.3, 0.4) is 0 Å². The van der Waals surface area contributed by atoms with Crippen molar-refractivity contribution in [3.05, 3.63) is 35.9 Å². The highest BCUT2D eigenvalue weighted by atomic mass is 32.2. The molecule has 3 nitrogen and oxygen atoms in total. The van der Waals surface area contributed by atoms with Crippen LogP contribution < -0.4 is 5.43 Å². The second-order valence-corrected chi connectivity index (χ2v) is 3.54. The molecule has 0 amide bonds. The Labute approximate surface area is 88.3 Å². The van der Waals surface area contributed by atoms with Crippen LogP contribution in [0.2, 0.25) is 0 Å². The van der Waals surface area contributed by atoms with E-state index in [-0.39, 0.29) is 0 Å². The van der Waals surface area contributed by atoms with E-state index < -0.39 is 0 Å². The molecule has 0 aliphatic heterocycles. The van der Waals surface area contributed by atoms with E-state index >= 15 is 0 Å². The van der Waals surface area contributed by atoms with Gasteiger partial charge in [0.25, 0.3) is 0 Å². The lowest BCUT2D eigenvalue weighted by atomic mass is 10.2. The summed E-state index contributed by atoms with van der Waals surface area (Å²) >= 11 is 1.60. The molecule has 0 aliphatic carbocycles. The number of hydrogen-bond acceptors (Lipinski definition) is 3. The van der Waals surface area contributed by atoms with Crippen molar-refractivity contribution in [2.75, 3.05) is 7.05 Å². The number of nitrogens with one attached hydrogen (secondary N) is 1. The maximum Gasteiger partial charge on any atom is 0.177 e. The van der Waals surface area contributed by atoms with Crippen LogP contribution in [0, 0.1) is 0 Å². The van der Waals surface area contributed by atoms with E-state index in [0.29, 0.717) is 0 Å². The number of thioether (sulfide) groups is 1. The molecule has 1 aromatic carbocycles. The first-order chi connectivity index (χ1) is 6.86. The summed E-state index contributed by atoms with van der Waals surface area (Å²) in [5.41, 5.74) is 4.00. The Morgan fingerprint density at radius 3 is 2.71 bits per heavy atom. The van der Waals surface area contributed by atoms with Crippen LogP contribution in [0.1, 0.15) is 5.56 Å². The number of amidine groups is 1. The van der Waals surface area contributed by atoms with Gasteiger partial charge >= 0.3 is 0 Å². The standard InChI is InChI=1S/C10H13N3S/c1-11-10(13-12-2)14-8-9-6-4-3-5-7-9/h3-7H,2,8H2,1H3,(H,11,13). The van der Waals surface area contributed by atoms with Gasteiger partial charge in [0, 0.05) is 19.5 Å². The van der Waals surface area contributed by atoms with Gasteiger partial charge in [-0.25, -0.2) is 0 Å². The highest BCUT2D eigenvalue weighted by Crippen LogP contribution is 2.12. The molecular weight excluding hydrogens is 194 g/mol. The Morgan fingerprint density at radius 2 is 2.14 bits per heavy atom. The summed E-state index contributed by atoms with van der Waals surface area (Å²) in [6.45, 7) is 3.35. The molecule has 14 heavy (non-hydrogen) atoms. The molecule has 4 heteroatoms. The second-order valence-electron chi connectivity index (χ2n) is 2.57. The molecule has 1 N–H and O–H groups in total. The molecule has 0 aromatic heterocycles. The molecule has 0 atom stereocenters. The average Bonchev–Trinajstić information content (AvgIpc) is 2.25. The zero-order valence-corrected chi connectivity index (χ0v) is 8.92. The van der Waals surface area contributed by atoms with Gasteiger partial charge in [0.05, 0.1) is 0 Å². The molecule has 0 radical (unpaired) electrons. The fourth-order valence-electron chi connectivity index (χ4n) is 0.940. The van der Waals surface area contributed by atoms with Crippen molar-refractivity contribution in [1.29, 1.82) is 0 Å². The Balaban J connectivity index is 2.44. The largest absolute Gasteiger partial charge is 0.265 e. The number of hydrazone groups is 1. The molecule has 0 fully saturated rings. The van der Waals surface area contributed by atoms with Gasteiger partial charge in [0.15, 0.2) is 5.17 Å². The van der Waals surface area contributed by atoms with Crippen LogP contribution >= 0.6 is 11.8 Å². The quantitative estimate of drug-likeness (QED) is 0.468. The van der Waals surface area contributed by atoms with Crippen molar-refractivity contribution in [2.24, 2.45) is 10.1 Å². The van der Waals surface area contributed by atoms with Crippen LogP contribution in [-0.4, -0.2) is 18.9 Å². The lowest BCUT2D eigenvalue weighted by Crippen LogP contribution is -2.12. The van der Waals surface area contributed by atoms with Gasteiger partial charge in [0.2, 0.25) is 0 Å². The zero-order chi connectivity index (χ0) is 10.2. The molecule has 0 aliphatic rings. The molecule has 0 bridgehead atoms. The summed E-state index contributed by atoms with van der Waals surface area (Å²) in [5.74, 6) is 0.885. The summed E-state index contributed by atoms with van der Waals surface area (Å²) in [6.07, 6.45) is 0. The molecule has 1 rings (SSSR count). The molecule has 74 valence electrons. The Bertz CT molecular complexity index is 308. The van der Waals surface area contributed by atoms with Crippen LogP contribution in [0.4, 0.5) is 0 Å². The maximum atomic E-state index is 4.03. The molecule has 1 aromatic rings. The molecule has 0 unspecified atom stereocenters. The van der Waals surface area contributed by atoms with Crippen molar-refractivity contribution in [3.63, 3.8) is 0 Å². The van der Waals surface area contributed by atoms with Gasteiger partial charge in [-0.3, -0.25) is 10.4 Å². The maximum absolute atomic E-state index is 4.03. The monoisotopic (exact) mass is 207 g/mol. The van der Waals surface area contributed by atoms with Gasteiger partial charge in [-0.05, 0) is 5.56 Å². The van der Waals surface area contributed by atoms with E-state index in [1.165, 1.54) is 5.56 Å². The molecular formula is C10H13N3S. The normalized spacial score (nSPS) is 11.1. The first-order valence-corrected chi connectivity index (χ1v) is 5.20. The van der Waals surface area contributed by atoms with E-state index in [2.05, 4.69) is 34.4 Å². The predicted molar refractivity (Wildman–Crippen MR) is 63.8 cm³/mol. The third-order valence-corrected chi connectivity index (χ3v) is 2.62. The smallest absolute Gasteiger partial charge is 0.177 e. The summed E-state index contributed by atoms with van der Waals surface area (Å²) in [5, 5.41) is 4.35. The molecule has 0 spiro atoms. The highest BCUT2D eigenvalue weighted by molar-refractivity contribution is 8.13. The van der Waals surface area contributed by atoms with Crippen molar-refractivity contribution in [2.45, 2.75) is 5.75 Å². The Morgan fingerprint density at radius 1 is 1.43 bits per heavy atom. The lowest BCUT2D eigenvalue weighted by molar-refractivity contribution is 1.05. The lowest BCUT2D eigenvalue weighted by Gasteiger charge is -2.03. The minimum Gasteiger partial charge on any atom is -0.265 e. The van der Waals surface area contributed by atoms with Crippen LogP contribution in [0.25, 0.3) is 0 Å². The average molecular weight is 207 g/mol. The van der Waals surface area contributed by atoms with Crippen LogP contribution in [-0.2, 0) is 5.75 Å². The Hall–Kier alpha value is -1.29. The van der Waals surface area contributed by atoms with Crippen LogP contribution in [0.15, 0.2) is 40.4 Å². The van der Waals surface area contributed by atoms with Crippen molar-refractivity contribution >= 4 is 23.6 Å². The minimum absolute atomic E-state index is 0.781. The zero-order valence-electron chi connectivity index (χ0n) is 8.10.